The molecule has 0 aromatic heterocycles. The molecular weight excluding hydrogens is 221 g/mol. The molecule has 0 bridgehead atoms. The molecule has 1 rings (SSSR count). The van der Waals surface area contributed by atoms with E-state index in [2.05, 4.69) is 0 Å². The number of nitrogens with two attached hydrogens (primary N) is 1. The van der Waals surface area contributed by atoms with Crippen LogP contribution >= 0.6 is 23.2 Å². The van der Waals surface area contributed by atoms with Gasteiger partial charge in [0.05, 0.1) is 11.1 Å². The predicted molar refractivity (Wildman–Crippen MR) is 58.6 cm³/mol. The van der Waals surface area contributed by atoms with Crippen LogP contribution in [0.4, 0.5) is 0 Å². The molecule has 0 radical (unpaired) electrons. The fraction of sp³-hybridized carbons (Fsp3) is 0.400. The summed E-state index contributed by atoms with van der Waals surface area (Å²) in [6.45, 7) is 3.21. The van der Waals surface area contributed by atoms with E-state index in [0.29, 0.717) is 16.6 Å². The topological polar surface area (TPSA) is 36.8 Å². The average Bonchev–Trinajstić information content (AvgIpc) is 2.08. The number of benzene rings is 1. The summed E-state index contributed by atoms with van der Waals surface area (Å²) in [7, 11) is 0. The smallest absolute Gasteiger partial charge is 0.103 e. The van der Waals surface area contributed by atoms with Crippen LogP contribution in [0, 0.1) is 0 Å². The molecule has 0 heterocycles. The van der Waals surface area contributed by atoms with Gasteiger partial charge in [0, 0.05) is 10.6 Å². The molecule has 14 heavy (non-hydrogen) atoms. The van der Waals surface area contributed by atoms with E-state index < -0.39 is 0 Å². The van der Waals surface area contributed by atoms with Crippen LogP contribution in [0.15, 0.2) is 18.2 Å². The first-order valence-corrected chi connectivity index (χ1v) is 5.29. The summed E-state index contributed by atoms with van der Waals surface area (Å²) in [5, 5.41) is 12.4. The van der Waals surface area contributed by atoms with Gasteiger partial charge in [0.2, 0.25) is 0 Å². The number of quaternary nitrogens is 1. The van der Waals surface area contributed by atoms with E-state index in [1.165, 1.54) is 0 Å². The zero-order chi connectivity index (χ0) is 10.6. The quantitative estimate of drug-likeness (QED) is 0.814. The molecule has 0 aliphatic heterocycles. The van der Waals surface area contributed by atoms with E-state index >= 15 is 0 Å². The highest BCUT2D eigenvalue weighted by Crippen LogP contribution is 2.19. The van der Waals surface area contributed by atoms with E-state index in [4.69, 9.17) is 28.3 Å². The van der Waals surface area contributed by atoms with Crippen molar-refractivity contribution in [3.63, 3.8) is 0 Å². The van der Waals surface area contributed by atoms with Crippen LogP contribution in [0.25, 0.3) is 0 Å². The number of aliphatic hydroxyl groups excluding tert-OH is 1. The van der Waals surface area contributed by atoms with Crippen LogP contribution < -0.4 is 5.32 Å². The van der Waals surface area contributed by atoms with Crippen LogP contribution in [0.2, 0.25) is 10.0 Å². The van der Waals surface area contributed by atoms with Crippen LogP contribution in [0.1, 0.15) is 12.5 Å². The largest absolute Gasteiger partial charge is 0.388 e. The minimum absolute atomic E-state index is 0.291. The number of hydrogen-bond acceptors (Lipinski definition) is 1. The second-order valence-corrected chi connectivity index (χ2v) is 4.16. The zero-order valence-electron chi connectivity index (χ0n) is 8.00. The second kappa shape index (κ2) is 5.56. The highest BCUT2D eigenvalue weighted by atomic mass is 35.5. The minimum Gasteiger partial charge on any atom is -0.388 e. The first-order valence-electron chi connectivity index (χ1n) is 4.53. The molecule has 1 aromatic rings. The van der Waals surface area contributed by atoms with Crippen molar-refractivity contribution in [1.29, 1.82) is 0 Å². The monoisotopic (exact) mass is 234 g/mol. The van der Waals surface area contributed by atoms with Crippen molar-refractivity contribution < 1.29 is 10.4 Å². The number of hydrogen-bond donors (Lipinski definition) is 2. The third-order valence-corrected chi connectivity index (χ3v) is 2.47. The molecule has 0 unspecified atom stereocenters. The lowest BCUT2D eigenvalue weighted by molar-refractivity contribution is -0.676. The normalized spacial score (nSPS) is 12.9. The summed E-state index contributed by atoms with van der Waals surface area (Å²) in [6.07, 6.45) is -0.291. The van der Waals surface area contributed by atoms with Crippen molar-refractivity contribution in [2.24, 2.45) is 0 Å². The summed E-state index contributed by atoms with van der Waals surface area (Å²) in [4.78, 5) is 0. The Bertz CT molecular complexity index is 302. The molecule has 0 spiro atoms. The van der Waals surface area contributed by atoms with Gasteiger partial charge in [-0.2, -0.15) is 0 Å². The minimum atomic E-state index is -0.291. The lowest BCUT2D eigenvalue weighted by Gasteiger charge is -2.05. The maximum absolute atomic E-state index is 9.06. The standard InChI is InChI=1S/C10H13Cl2NO/c1-7(14)5-13-6-8-2-3-9(11)4-10(8)12/h2-4,7,13-14H,5-6H2,1H3/p+1/t7-/m1/s1. The highest BCUT2D eigenvalue weighted by molar-refractivity contribution is 6.35. The number of aliphatic hydroxyl groups is 1. The van der Waals surface area contributed by atoms with Crippen molar-refractivity contribution in [1.82, 2.24) is 0 Å². The second-order valence-electron chi connectivity index (χ2n) is 3.31. The maximum Gasteiger partial charge on any atom is 0.103 e. The van der Waals surface area contributed by atoms with E-state index in [9.17, 15) is 0 Å². The Labute approximate surface area is 93.8 Å². The summed E-state index contributed by atoms with van der Waals surface area (Å²) in [6, 6.07) is 5.46. The van der Waals surface area contributed by atoms with E-state index in [-0.39, 0.29) is 6.10 Å². The van der Waals surface area contributed by atoms with Gasteiger partial charge in [-0.1, -0.05) is 29.3 Å². The molecule has 0 fully saturated rings. The fourth-order valence-corrected chi connectivity index (χ4v) is 1.65. The lowest BCUT2D eigenvalue weighted by atomic mass is 10.2. The van der Waals surface area contributed by atoms with Gasteiger partial charge in [-0.25, -0.2) is 0 Å². The number of halogens is 2. The molecule has 1 aromatic carbocycles. The van der Waals surface area contributed by atoms with Gasteiger partial charge in [0.25, 0.3) is 0 Å². The van der Waals surface area contributed by atoms with Gasteiger partial charge >= 0.3 is 0 Å². The predicted octanol–water partition coefficient (Wildman–Crippen LogP) is 1.44. The van der Waals surface area contributed by atoms with Crippen molar-refractivity contribution in [2.45, 2.75) is 19.6 Å². The first-order chi connectivity index (χ1) is 6.59. The van der Waals surface area contributed by atoms with Crippen LogP contribution in [0.3, 0.4) is 0 Å². The van der Waals surface area contributed by atoms with Gasteiger partial charge in [-0.15, -0.1) is 0 Å². The third-order valence-electron chi connectivity index (χ3n) is 1.89. The lowest BCUT2D eigenvalue weighted by Crippen LogP contribution is -2.84. The molecule has 1 atom stereocenters. The Morgan fingerprint density at radius 1 is 1.43 bits per heavy atom. The van der Waals surface area contributed by atoms with Gasteiger partial charge in [-0.3, -0.25) is 0 Å². The van der Waals surface area contributed by atoms with Crippen molar-refractivity contribution in [3.8, 4) is 0 Å². The van der Waals surface area contributed by atoms with Crippen LogP contribution in [-0.4, -0.2) is 17.8 Å². The Balaban J connectivity index is 2.51. The van der Waals surface area contributed by atoms with E-state index in [0.717, 1.165) is 12.1 Å². The SMILES string of the molecule is C[C@@H](O)C[NH2+]Cc1ccc(Cl)cc1Cl. The van der Waals surface area contributed by atoms with E-state index in [1.54, 1.807) is 13.0 Å². The highest BCUT2D eigenvalue weighted by Gasteiger charge is 2.04. The molecule has 4 heteroatoms. The average molecular weight is 235 g/mol. The molecule has 0 aliphatic carbocycles. The molecule has 0 amide bonds. The molecule has 0 aliphatic rings. The summed E-state index contributed by atoms with van der Waals surface area (Å²) in [5.41, 5.74) is 1.04. The van der Waals surface area contributed by atoms with Gasteiger partial charge in [-0.05, 0) is 19.1 Å². The first kappa shape index (κ1) is 11.8. The molecular formula is C10H14Cl2NO+. The summed E-state index contributed by atoms with van der Waals surface area (Å²) < 4.78 is 0. The van der Waals surface area contributed by atoms with Crippen LogP contribution in [-0.2, 0) is 6.54 Å². The third kappa shape index (κ3) is 3.84. The molecule has 3 N–H and O–H groups in total. The maximum atomic E-state index is 9.06. The number of rotatable bonds is 4. The summed E-state index contributed by atoms with van der Waals surface area (Å²) >= 11 is 11.7. The van der Waals surface area contributed by atoms with Gasteiger partial charge in [0.15, 0.2) is 0 Å². The van der Waals surface area contributed by atoms with Crippen LogP contribution in [0.5, 0.6) is 0 Å². The molecule has 2 nitrogen and oxygen atoms in total. The summed E-state index contributed by atoms with van der Waals surface area (Å²) in [5.74, 6) is 0. The molecule has 78 valence electrons. The van der Waals surface area contributed by atoms with Crippen molar-refractivity contribution in [3.05, 3.63) is 33.8 Å². The van der Waals surface area contributed by atoms with Gasteiger partial charge in [0.1, 0.15) is 13.1 Å². The van der Waals surface area contributed by atoms with Crippen molar-refractivity contribution >= 4 is 23.2 Å². The Kier molecular flexibility index (Phi) is 4.69. The Morgan fingerprint density at radius 2 is 2.14 bits per heavy atom. The van der Waals surface area contributed by atoms with Gasteiger partial charge < -0.3 is 10.4 Å². The fourth-order valence-electron chi connectivity index (χ4n) is 1.17. The molecule has 0 saturated heterocycles. The Hall–Kier alpha value is -0.280. The zero-order valence-corrected chi connectivity index (χ0v) is 9.52. The molecule has 0 saturated carbocycles. The van der Waals surface area contributed by atoms with E-state index in [1.807, 2.05) is 17.4 Å². The Morgan fingerprint density at radius 3 is 2.71 bits per heavy atom. The van der Waals surface area contributed by atoms with Crippen molar-refractivity contribution in [2.75, 3.05) is 6.54 Å².